The molecular weight excluding hydrogens is 623 g/mol. The van der Waals surface area contributed by atoms with Crippen LogP contribution in [0.25, 0.3) is 22.0 Å². The molecule has 2 bridgehead atoms. The van der Waals surface area contributed by atoms with Crippen molar-refractivity contribution in [1.29, 1.82) is 0 Å². The molecule has 242 valence electrons. The highest BCUT2D eigenvalue weighted by Crippen LogP contribution is 2.50. The fraction of sp³-hybridized carbons (Fsp3) is 0.412. The summed E-state index contributed by atoms with van der Waals surface area (Å²) in [7, 11) is -2.34. The van der Waals surface area contributed by atoms with Crippen molar-refractivity contribution in [2.45, 2.75) is 73.7 Å². The van der Waals surface area contributed by atoms with Gasteiger partial charge < -0.3 is 18.7 Å². The summed E-state index contributed by atoms with van der Waals surface area (Å²) < 4.78 is 88.6. The number of hydrogen-bond acceptors (Lipinski definition) is 8. The molecule has 1 heterocycles. The topological polar surface area (TPSA) is 105 Å². The summed E-state index contributed by atoms with van der Waals surface area (Å²) in [5, 5.41) is 5.09. The number of carbonyl (C=O) groups is 1. The molecule has 3 saturated carbocycles. The van der Waals surface area contributed by atoms with Gasteiger partial charge in [0, 0.05) is 17.0 Å². The molecule has 0 aliphatic heterocycles. The van der Waals surface area contributed by atoms with Crippen molar-refractivity contribution in [3.63, 3.8) is 0 Å². The summed E-state index contributed by atoms with van der Waals surface area (Å²) in [5.74, 6) is -0.242. The van der Waals surface area contributed by atoms with Crippen molar-refractivity contribution >= 4 is 26.6 Å². The van der Waals surface area contributed by atoms with Crippen molar-refractivity contribution < 1.29 is 45.1 Å². The molecule has 0 unspecified atom stereocenters. The first-order valence-corrected chi connectivity index (χ1v) is 16.9. The monoisotopic (exact) mass is 655 g/mol. The van der Waals surface area contributed by atoms with E-state index in [4.69, 9.17) is 14.0 Å². The number of fused-ring (bicyclic) bond motifs is 3. The molecule has 1 aromatic heterocycles. The Hall–Kier alpha value is -3.90. The number of halogens is 3. The molecule has 0 amide bonds. The van der Waals surface area contributed by atoms with Crippen LogP contribution in [0.2, 0.25) is 0 Å². The van der Waals surface area contributed by atoms with E-state index in [1.807, 2.05) is 0 Å². The Labute approximate surface area is 263 Å². The number of rotatable bonds is 9. The van der Waals surface area contributed by atoms with Crippen LogP contribution in [0.3, 0.4) is 0 Å². The van der Waals surface area contributed by atoms with Gasteiger partial charge in [-0.2, -0.15) is 0 Å². The molecule has 3 aromatic carbocycles. The number of aromatic nitrogens is 1. The average molecular weight is 656 g/mol. The van der Waals surface area contributed by atoms with E-state index in [1.54, 1.807) is 42.5 Å². The Morgan fingerprint density at radius 1 is 0.957 bits per heavy atom. The van der Waals surface area contributed by atoms with Gasteiger partial charge in [0.25, 0.3) is 0 Å². The van der Waals surface area contributed by atoms with Crippen LogP contribution in [-0.2, 0) is 25.9 Å². The third-order valence-corrected chi connectivity index (χ3v) is 11.9. The van der Waals surface area contributed by atoms with E-state index in [9.17, 15) is 26.4 Å². The van der Waals surface area contributed by atoms with Crippen molar-refractivity contribution in [3.8, 4) is 17.0 Å². The lowest BCUT2D eigenvalue weighted by Gasteiger charge is -2.35. The summed E-state index contributed by atoms with van der Waals surface area (Å²) >= 11 is 0. The molecule has 7 rings (SSSR count). The van der Waals surface area contributed by atoms with E-state index in [-0.39, 0.29) is 52.4 Å². The van der Waals surface area contributed by atoms with E-state index in [0.29, 0.717) is 29.7 Å². The van der Waals surface area contributed by atoms with E-state index < -0.39 is 27.4 Å². The second-order valence-corrected chi connectivity index (χ2v) is 14.5. The van der Waals surface area contributed by atoms with Crippen LogP contribution in [0.4, 0.5) is 13.2 Å². The molecule has 0 N–H and O–H groups in total. The van der Waals surface area contributed by atoms with Gasteiger partial charge in [0.05, 0.1) is 35.5 Å². The van der Waals surface area contributed by atoms with Gasteiger partial charge in [0.1, 0.15) is 17.2 Å². The maximum absolute atomic E-state index is 14.0. The highest BCUT2D eigenvalue weighted by atomic mass is 32.2. The lowest BCUT2D eigenvalue weighted by molar-refractivity contribution is -0.274. The van der Waals surface area contributed by atoms with E-state index in [2.05, 4.69) is 9.89 Å². The van der Waals surface area contributed by atoms with Gasteiger partial charge in [0.2, 0.25) is 0 Å². The van der Waals surface area contributed by atoms with E-state index >= 15 is 0 Å². The van der Waals surface area contributed by atoms with Gasteiger partial charge in [-0.1, -0.05) is 29.4 Å². The molecule has 0 radical (unpaired) electrons. The van der Waals surface area contributed by atoms with Crippen LogP contribution in [0.1, 0.15) is 66.1 Å². The van der Waals surface area contributed by atoms with Gasteiger partial charge in [-0.05, 0) is 97.5 Å². The molecule has 3 aliphatic carbocycles. The van der Waals surface area contributed by atoms with Crippen LogP contribution < -0.4 is 4.74 Å². The minimum absolute atomic E-state index is 0.0862. The number of benzene rings is 3. The maximum Gasteiger partial charge on any atom is 0.573 e. The molecule has 3 aliphatic rings. The van der Waals surface area contributed by atoms with Crippen molar-refractivity contribution in [1.82, 2.24) is 5.16 Å². The molecule has 12 heteroatoms. The van der Waals surface area contributed by atoms with Crippen LogP contribution in [-0.4, -0.2) is 44.4 Å². The summed E-state index contributed by atoms with van der Waals surface area (Å²) in [5.41, 5.74) is 1.43. The Morgan fingerprint density at radius 2 is 1.65 bits per heavy atom. The minimum atomic E-state index is -4.87. The number of para-hydroxylation sites is 1. The number of esters is 1. The molecule has 4 atom stereocenters. The molecule has 46 heavy (non-hydrogen) atoms. The molecule has 0 saturated heterocycles. The summed E-state index contributed by atoms with van der Waals surface area (Å²) in [6.07, 6.45) is -0.610. The number of methoxy groups -OCH3 is 1. The number of alkyl halides is 3. The first-order chi connectivity index (χ1) is 22.0. The average Bonchev–Trinajstić information content (AvgIpc) is 3.73. The predicted octanol–water partition coefficient (Wildman–Crippen LogP) is 7.61. The van der Waals surface area contributed by atoms with Crippen molar-refractivity contribution in [3.05, 3.63) is 77.6 Å². The molecule has 0 spiro atoms. The number of carbonyl (C=O) groups excluding carboxylic acids is 1. The zero-order chi connectivity index (χ0) is 32.2. The lowest BCUT2D eigenvalue weighted by atomic mass is 9.86. The number of nitrogens with zero attached hydrogens (tertiary/aromatic N) is 1. The second kappa shape index (κ2) is 11.7. The number of ether oxygens (including phenoxy) is 3. The lowest BCUT2D eigenvalue weighted by Crippen LogP contribution is -2.40. The van der Waals surface area contributed by atoms with Gasteiger partial charge in [-0.25, -0.2) is 13.2 Å². The highest BCUT2D eigenvalue weighted by molar-refractivity contribution is 7.92. The summed E-state index contributed by atoms with van der Waals surface area (Å²) in [4.78, 5) is 12.2. The molecular formula is C34H32F3NO7S. The Morgan fingerprint density at radius 3 is 2.35 bits per heavy atom. The minimum Gasteiger partial charge on any atom is -0.465 e. The standard InChI is InChI=1S/C34H32F3NO7S/c1-42-33(39)24-11-8-21-17-26(13-12-20(21)14-24)46(40,41)32-22-9-10-23(32)16-25(15-22)43-18-28-30(38-45-31(28)19-6-7-19)27-4-2-3-5-29(27)44-34(35,36)37/h2-5,8,11-14,17,19,22-23,25,32H,6-7,9-10,15-16,18H2,1H3/t22-,23+,25+,32-. The first kappa shape index (κ1) is 30.7. The predicted molar refractivity (Wildman–Crippen MR) is 161 cm³/mol. The van der Waals surface area contributed by atoms with Crippen molar-refractivity contribution in [2.75, 3.05) is 7.11 Å². The van der Waals surface area contributed by atoms with E-state index in [0.717, 1.165) is 36.5 Å². The third-order valence-electron chi connectivity index (χ3n) is 9.49. The van der Waals surface area contributed by atoms with Gasteiger partial charge >= 0.3 is 12.3 Å². The maximum atomic E-state index is 14.0. The zero-order valence-corrected chi connectivity index (χ0v) is 25.8. The Balaban J connectivity index is 1.09. The van der Waals surface area contributed by atoms with Crippen LogP contribution in [0.5, 0.6) is 5.75 Å². The molecule has 3 fully saturated rings. The van der Waals surface area contributed by atoms with Crippen LogP contribution in [0.15, 0.2) is 70.1 Å². The fourth-order valence-corrected chi connectivity index (χ4v) is 9.65. The summed E-state index contributed by atoms with van der Waals surface area (Å²) in [6, 6.07) is 15.9. The van der Waals surface area contributed by atoms with Gasteiger partial charge in [-0.3, -0.25) is 0 Å². The van der Waals surface area contributed by atoms with E-state index in [1.165, 1.54) is 25.3 Å². The smallest absolute Gasteiger partial charge is 0.465 e. The van der Waals surface area contributed by atoms with Gasteiger partial charge in [-0.15, -0.1) is 13.2 Å². The largest absolute Gasteiger partial charge is 0.573 e. The normalized spacial score (nSPS) is 23.0. The first-order valence-electron chi connectivity index (χ1n) is 15.3. The number of sulfone groups is 1. The molecule has 8 nitrogen and oxygen atoms in total. The summed E-state index contributed by atoms with van der Waals surface area (Å²) in [6.45, 7) is 0.0881. The van der Waals surface area contributed by atoms with Crippen LogP contribution >= 0.6 is 0 Å². The second-order valence-electron chi connectivity index (χ2n) is 12.4. The fourth-order valence-electron chi connectivity index (χ4n) is 7.28. The SMILES string of the molecule is COC(=O)c1ccc2cc(S(=O)(=O)[C@@H]3[C@@H]4CC[C@H]3C[C@@H](OCc3c(-c5ccccc5OC(F)(F)F)noc3C3CC3)C4)ccc2c1. The quantitative estimate of drug-likeness (QED) is 0.170. The highest BCUT2D eigenvalue weighted by Gasteiger charge is 2.50. The van der Waals surface area contributed by atoms with Gasteiger partial charge in [0.15, 0.2) is 9.84 Å². The number of hydrogen-bond donors (Lipinski definition) is 0. The molecule has 4 aromatic rings. The van der Waals surface area contributed by atoms with Crippen molar-refractivity contribution in [2.24, 2.45) is 11.8 Å². The third kappa shape index (κ3) is 5.88. The Kier molecular flexibility index (Phi) is 7.83. The zero-order valence-electron chi connectivity index (χ0n) is 25.0. The van der Waals surface area contributed by atoms with Crippen LogP contribution in [0, 0.1) is 11.8 Å². The Bertz CT molecular complexity index is 1890.